The highest BCUT2D eigenvalue weighted by atomic mass is 16.1. The first-order valence-electron chi connectivity index (χ1n) is 8.93. The summed E-state index contributed by atoms with van der Waals surface area (Å²) in [5.41, 5.74) is 2.60. The van der Waals surface area contributed by atoms with Gasteiger partial charge in [-0.1, -0.05) is 60.7 Å². The maximum Gasteiger partial charge on any atom is 0.221 e. The van der Waals surface area contributed by atoms with Gasteiger partial charge in [0.15, 0.2) is 0 Å². The molecule has 0 radical (unpaired) electrons. The van der Waals surface area contributed by atoms with E-state index in [0.717, 1.165) is 19.4 Å². The standard InChI is InChI=1S/C21H26N2O/c24-21(16-19-12-7-14-22-19)23-15-13-20(17-8-3-1-4-9-17)18-10-5-2-6-11-18/h1-6,8-11,19-20,22H,7,12-16H2,(H,23,24). The Labute approximate surface area is 144 Å². The minimum Gasteiger partial charge on any atom is -0.356 e. The predicted octanol–water partition coefficient (Wildman–Crippen LogP) is 3.47. The number of carbonyl (C=O) groups is 1. The molecule has 0 saturated carbocycles. The van der Waals surface area contributed by atoms with Crippen LogP contribution in [0.1, 0.15) is 42.7 Å². The van der Waals surface area contributed by atoms with Crippen LogP contribution in [0.15, 0.2) is 60.7 Å². The normalized spacial score (nSPS) is 17.1. The van der Waals surface area contributed by atoms with Crippen molar-refractivity contribution in [1.29, 1.82) is 0 Å². The van der Waals surface area contributed by atoms with E-state index >= 15 is 0 Å². The smallest absolute Gasteiger partial charge is 0.221 e. The molecule has 0 aromatic heterocycles. The van der Waals surface area contributed by atoms with E-state index in [1.54, 1.807) is 0 Å². The molecule has 3 rings (SSSR count). The second-order valence-electron chi connectivity index (χ2n) is 6.51. The van der Waals surface area contributed by atoms with Crippen molar-refractivity contribution >= 4 is 5.91 Å². The van der Waals surface area contributed by atoms with Crippen LogP contribution in [0, 0.1) is 0 Å². The topological polar surface area (TPSA) is 41.1 Å². The van der Waals surface area contributed by atoms with E-state index in [1.807, 2.05) is 12.1 Å². The zero-order valence-electron chi connectivity index (χ0n) is 14.1. The number of carbonyl (C=O) groups excluding carboxylic acids is 1. The zero-order chi connectivity index (χ0) is 16.6. The highest BCUT2D eigenvalue weighted by Crippen LogP contribution is 2.27. The van der Waals surface area contributed by atoms with E-state index < -0.39 is 0 Å². The Balaban J connectivity index is 1.57. The van der Waals surface area contributed by atoms with Gasteiger partial charge in [-0.3, -0.25) is 4.79 Å². The van der Waals surface area contributed by atoms with Crippen molar-refractivity contribution in [2.75, 3.05) is 13.1 Å². The fraction of sp³-hybridized carbons (Fsp3) is 0.381. The highest BCUT2D eigenvalue weighted by Gasteiger charge is 2.18. The number of hydrogen-bond acceptors (Lipinski definition) is 2. The monoisotopic (exact) mass is 322 g/mol. The molecule has 3 heteroatoms. The van der Waals surface area contributed by atoms with Crippen molar-refractivity contribution in [3.8, 4) is 0 Å². The predicted molar refractivity (Wildman–Crippen MR) is 98.0 cm³/mol. The van der Waals surface area contributed by atoms with Crippen LogP contribution in [-0.4, -0.2) is 25.0 Å². The van der Waals surface area contributed by atoms with Gasteiger partial charge in [0.25, 0.3) is 0 Å². The van der Waals surface area contributed by atoms with Gasteiger partial charge in [-0.2, -0.15) is 0 Å². The molecule has 2 aromatic rings. The molecule has 0 bridgehead atoms. The summed E-state index contributed by atoms with van der Waals surface area (Å²) in [6.45, 7) is 1.75. The number of nitrogens with one attached hydrogen (secondary N) is 2. The van der Waals surface area contributed by atoms with Crippen LogP contribution >= 0.6 is 0 Å². The molecule has 1 aliphatic rings. The molecule has 1 aliphatic heterocycles. The van der Waals surface area contributed by atoms with Crippen LogP contribution in [0.3, 0.4) is 0 Å². The van der Waals surface area contributed by atoms with Crippen LogP contribution in [-0.2, 0) is 4.79 Å². The van der Waals surface area contributed by atoms with E-state index in [4.69, 9.17) is 0 Å². The van der Waals surface area contributed by atoms with Gasteiger partial charge in [-0.15, -0.1) is 0 Å². The summed E-state index contributed by atoms with van der Waals surface area (Å²) in [6, 6.07) is 21.4. The summed E-state index contributed by atoms with van der Waals surface area (Å²) in [6.07, 6.45) is 3.81. The fourth-order valence-electron chi connectivity index (χ4n) is 3.48. The molecule has 1 heterocycles. The summed E-state index contributed by atoms with van der Waals surface area (Å²) in [7, 11) is 0. The summed E-state index contributed by atoms with van der Waals surface area (Å²) in [5.74, 6) is 0.478. The molecule has 24 heavy (non-hydrogen) atoms. The lowest BCUT2D eigenvalue weighted by Gasteiger charge is -2.19. The third-order valence-electron chi connectivity index (χ3n) is 4.75. The average molecular weight is 322 g/mol. The van der Waals surface area contributed by atoms with Gasteiger partial charge in [0.05, 0.1) is 0 Å². The van der Waals surface area contributed by atoms with Crippen LogP contribution in [0.5, 0.6) is 0 Å². The van der Waals surface area contributed by atoms with Gasteiger partial charge in [-0.25, -0.2) is 0 Å². The summed E-state index contributed by atoms with van der Waals surface area (Å²) < 4.78 is 0. The molecule has 2 N–H and O–H groups in total. The molecule has 126 valence electrons. The Hall–Kier alpha value is -2.13. The average Bonchev–Trinajstić information content (AvgIpc) is 3.13. The van der Waals surface area contributed by atoms with Crippen LogP contribution < -0.4 is 10.6 Å². The van der Waals surface area contributed by atoms with Crippen molar-refractivity contribution in [3.63, 3.8) is 0 Å². The van der Waals surface area contributed by atoms with E-state index in [1.165, 1.54) is 17.5 Å². The van der Waals surface area contributed by atoms with Gasteiger partial charge < -0.3 is 10.6 Å². The van der Waals surface area contributed by atoms with E-state index in [2.05, 4.69) is 59.2 Å². The third-order valence-corrected chi connectivity index (χ3v) is 4.75. The minimum atomic E-state index is 0.161. The van der Waals surface area contributed by atoms with Crippen LogP contribution in [0.25, 0.3) is 0 Å². The number of rotatable bonds is 7. The van der Waals surface area contributed by atoms with Crippen molar-refractivity contribution in [1.82, 2.24) is 10.6 Å². The Morgan fingerprint density at radius 1 is 1.04 bits per heavy atom. The first-order valence-corrected chi connectivity index (χ1v) is 8.93. The van der Waals surface area contributed by atoms with Gasteiger partial charge in [-0.05, 0) is 36.9 Å². The largest absolute Gasteiger partial charge is 0.356 e. The molecular weight excluding hydrogens is 296 g/mol. The molecular formula is C21H26N2O. The van der Waals surface area contributed by atoms with Gasteiger partial charge in [0, 0.05) is 24.9 Å². The van der Waals surface area contributed by atoms with Crippen molar-refractivity contribution in [2.24, 2.45) is 0 Å². The number of hydrogen-bond donors (Lipinski definition) is 2. The quantitative estimate of drug-likeness (QED) is 0.819. The lowest BCUT2D eigenvalue weighted by molar-refractivity contribution is -0.121. The molecule has 1 unspecified atom stereocenters. The van der Waals surface area contributed by atoms with Gasteiger partial charge in [0.1, 0.15) is 0 Å². The first-order chi connectivity index (χ1) is 11.8. The first kappa shape index (κ1) is 16.7. The molecule has 1 saturated heterocycles. The Morgan fingerprint density at radius 3 is 2.21 bits per heavy atom. The maximum absolute atomic E-state index is 12.1. The van der Waals surface area contributed by atoms with E-state index in [-0.39, 0.29) is 5.91 Å². The number of amides is 1. The van der Waals surface area contributed by atoms with Gasteiger partial charge in [0.2, 0.25) is 5.91 Å². The Morgan fingerprint density at radius 2 is 1.67 bits per heavy atom. The second-order valence-corrected chi connectivity index (χ2v) is 6.51. The minimum absolute atomic E-state index is 0.161. The molecule has 1 amide bonds. The van der Waals surface area contributed by atoms with Crippen molar-refractivity contribution in [2.45, 2.75) is 37.6 Å². The molecule has 3 nitrogen and oxygen atoms in total. The molecule has 1 atom stereocenters. The van der Waals surface area contributed by atoms with Crippen molar-refractivity contribution < 1.29 is 4.79 Å². The molecule has 0 aliphatic carbocycles. The fourth-order valence-corrected chi connectivity index (χ4v) is 3.48. The van der Waals surface area contributed by atoms with Crippen LogP contribution in [0.4, 0.5) is 0 Å². The lowest BCUT2D eigenvalue weighted by atomic mass is 9.88. The zero-order valence-corrected chi connectivity index (χ0v) is 14.1. The molecule has 0 spiro atoms. The highest BCUT2D eigenvalue weighted by molar-refractivity contribution is 5.76. The molecule has 1 fully saturated rings. The third kappa shape index (κ3) is 4.68. The SMILES string of the molecule is O=C(CC1CCCN1)NCCC(c1ccccc1)c1ccccc1. The summed E-state index contributed by atoms with van der Waals surface area (Å²) >= 11 is 0. The maximum atomic E-state index is 12.1. The lowest BCUT2D eigenvalue weighted by Crippen LogP contribution is -2.32. The van der Waals surface area contributed by atoms with Gasteiger partial charge >= 0.3 is 0 Å². The summed E-state index contributed by atoms with van der Waals surface area (Å²) in [4.78, 5) is 12.1. The summed E-state index contributed by atoms with van der Waals surface area (Å²) in [5, 5.41) is 6.48. The second kappa shape index (κ2) is 8.65. The Bertz CT molecular complexity index is 581. The van der Waals surface area contributed by atoms with Crippen molar-refractivity contribution in [3.05, 3.63) is 71.8 Å². The molecule has 2 aromatic carbocycles. The number of benzene rings is 2. The van der Waals surface area contributed by atoms with E-state index in [0.29, 0.717) is 24.9 Å². The van der Waals surface area contributed by atoms with E-state index in [9.17, 15) is 4.79 Å². The Kier molecular flexibility index (Phi) is 6.02. The van der Waals surface area contributed by atoms with Crippen LogP contribution in [0.2, 0.25) is 0 Å².